The number of thiophene rings is 1. The van der Waals surface area contributed by atoms with Crippen LogP contribution >= 0.6 is 11.3 Å². The quantitative estimate of drug-likeness (QED) is 0.644. The molecule has 1 heterocycles. The van der Waals surface area contributed by atoms with Crippen molar-refractivity contribution in [1.82, 2.24) is 4.72 Å². The lowest BCUT2D eigenvalue weighted by Gasteiger charge is -2.05. The molecule has 1 aromatic heterocycles. The van der Waals surface area contributed by atoms with E-state index in [1.165, 1.54) is 12.1 Å². The van der Waals surface area contributed by atoms with Crippen molar-refractivity contribution in [3.05, 3.63) is 17.0 Å². The first kappa shape index (κ1) is 16.5. The zero-order valence-electron chi connectivity index (χ0n) is 10.3. The van der Waals surface area contributed by atoms with E-state index in [0.717, 1.165) is 11.3 Å². The van der Waals surface area contributed by atoms with Crippen molar-refractivity contribution in [1.29, 1.82) is 0 Å². The normalized spacial score (nSPS) is 12.7. The maximum absolute atomic E-state index is 11.6. The zero-order chi connectivity index (χ0) is 14.5. The van der Waals surface area contributed by atoms with Gasteiger partial charge in [-0.1, -0.05) is 0 Å². The van der Waals surface area contributed by atoms with E-state index in [1.807, 2.05) is 0 Å². The topological polar surface area (TPSA) is 116 Å². The van der Waals surface area contributed by atoms with E-state index in [1.54, 1.807) is 6.92 Å². The lowest BCUT2D eigenvalue weighted by Crippen LogP contribution is -2.27. The van der Waals surface area contributed by atoms with Crippen LogP contribution in [0.5, 0.6) is 0 Å². The van der Waals surface area contributed by atoms with E-state index in [-0.39, 0.29) is 23.1 Å². The highest BCUT2D eigenvalue weighted by atomic mass is 32.2. The highest BCUT2D eigenvalue weighted by Crippen LogP contribution is 2.20. The number of hydrogen-bond donors (Lipinski definition) is 2. The van der Waals surface area contributed by atoms with Gasteiger partial charge in [-0.3, -0.25) is 0 Å². The molecular weight excluding hydrogens is 312 g/mol. The van der Waals surface area contributed by atoms with E-state index in [4.69, 9.17) is 9.88 Å². The summed E-state index contributed by atoms with van der Waals surface area (Å²) < 4.78 is 52.5. The van der Waals surface area contributed by atoms with Gasteiger partial charge in [0, 0.05) is 18.0 Å². The minimum atomic E-state index is -3.73. The van der Waals surface area contributed by atoms with Gasteiger partial charge in [0.15, 0.2) is 0 Å². The van der Waals surface area contributed by atoms with Gasteiger partial charge in [0.2, 0.25) is 20.0 Å². The molecule has 0 fully saturated rings. The van der Waals surface area contributed by atoms with E-state index >= 15 is 0 Å². The second kappa shape index (κ2) is 6.77. The minimum absolute atomic E-state index is 0.0102. The number of nitrogens with two attached hydrogens (primary N) is 1. The van der Waals surface area contributed by atoms with Crippen LogP contribution in [0.15, 0.2) is 16.3 Å². The Morgan fingerprint density at radius 2 is 2.00 bits per heavy atom. The molecule has 1 aromatic rings. The van der Waals surface area contributed by atoms with Crippen molar-refractivity contribution < 1.29 is 21.6 Å². The Bertz CT molecular complexity index is 606. The molecule has 0 spiro atoms. The molecule has 0 amide bonds. The predicted octanol–water partition coefficient (Wildman–Crippen LogP) is -0.149. The molecule has 0 bridgehead atoms. The lowest BCUT2D eigenvalue weighted by atomic mass is 10.5. The van der Waals surface area contributed by atoms with Crippen molar-refractivity contribution >= 4 is 31.4 Å². The van der Waals surface area contributed by atoms with Gasteiger partial charge in [0.1, 0.15) is 4.21 Å². The SMILES string of the molecule is CCOCCS(=O)(=O)NCc1ccc(S(N)(=O)=O)s1. The second-order valence-corrected chi connectivity index (χ2v) is 8.49. The first-order chi connectivity index (χ1) is 8.74. The number of ether oxygens (including phenoxy) is 1. The Kier molecular flexibility index (Phi) is 5.89. The smallest absolute Gasteiger partial charge is 0.247 e. The standard InChI is InChI=1S/C9H16N2O5S3/c1-2-16-5-6-18(12,13)11-7-8-3-4-9(17-8)19(10,14)15/h3-4,11H,2,5-7H2,1H3,(H2,10,14,15). The van der Waals surface area contributed by atoms with Crippen LogP contribution in [0.3, 0.4) is 0 Å². The molecular formula is C9H16N2O5S3. The molecule has 0 radical (unpaired) electrons. The molecule has 0 saturated heterocycles. The molecule has 10 heteroatoms. The van der Waals surface area contributed by atoms with Crippen molar-refractivity contribution in [2.75, 3.05) is 19.0 Å². The van der Waals surface area contributed by atoms with Crippen LogP contribution in [0.25, 0.3) is 0 Å². The lowest BCUT2D eigenvalue weighted by molar-refractivity contribution is 0.163. The third kappa shape index (κ3) is 5.97. The molecule has 7 nitrogen and oxygen atoms in total. The summed E-state index contributed by atoms with van der Waals surface area (Å²) in [5, 5.41) is 4.96. The highest BCUT2D eigenvalue weighted by Gasteiger charge is 2.13. The molecule has 0 atom stereocenters. The molecule has 0 aliphatic heterocycles. The van der Waals surface area contributed by atoms with Gasteiger partial charge in [0.25, 0.3) is 0 Å². The molecule has 110 valence electrons. The molecule has 3 N–H and O–H groups in total. The summed E-state index contributed by atoms with van der Waals surface area (Å²) in [6, 6.07) is 2.87. The summed E-state index contributed by atoms with van der Waals surface area (Å²) in [6.45, 7) is 2.39. The first-order valence-corrected chi connectivity index (χ1v) is 9.42. The fourth-order valence-electron chi connectivity index (χ4n) is 1.17. The minimum Gasteiger partial charge on any atom is -0.381 e. The summed E-state index contributed by atoms with van der Waals surface area (Å²) >= 11 is 0.938. The molecule has 1 rings (SSSR count). The summed E-state index contributed by atoms with van der Waals surface area (Å²) in [7, 11) is -7.16. The van der Waals surface area contributed by atoms with E-state index < -0.39 is 20.0 Å². The Labute approximate surface area is 116 Å². The Morgan fingerprint density at radius 1 is 1.32 bits per heavy atom. The van der Waals surface area contributed by atoms with Crippen LogP contribution in [0.2, 0.25) is 0 Å². The zero-order valence-corrected chi connectivity index (χ0v) is 12.8. The van der Waals surface area contributed by atoms with E-state index in [9.17, 15) is 16.8 Å². The largest absolute Gasteiger partial charge is 0.381 e. The van der Waals surface area contributed by atoms with Crippen LogP contribution < -0.4 is 9.86 Å². The number of hydrogen-bond acceptors (Lipinski definition) is 6. The van der Waals surface area contributed by atoms with Crippen LogP contribution in [-0.4, -0.2) is 35.8 Å². The average Bonchev–Trinajstić information content (AvgIpc) is 2.75. The average molecular weight is 328 g/mol. The van der Waals surface area contributed by atoms with Gasteiger partial charge >= 0.3 is 0 Å². The molecule has 0 unspecified atom stereocenters. The first-order valence-electron chi connectivity index (χ1n) is 5.41. The Balaban J connectivity index is 2.55. The van der Waals surface area contributed by atoms with Crippen molar-refractivity contribution in [3.63, 3.8) is 0 Å². The highest BCUT2D eigenvalue weighted by molar-refractivity contribution is 7.91. The maximum atomic E-state index is 11.6. The molecule has 0 aromatic carbocycles. The van der Waals surface area contributed by atoms with Gasteiger partial charge in [0.05, 0.1) is 12.4 Å². The van der Waals surface area contributed by atoms with Gasteiger partial charge in [-0.25, -0.2) is 26.7 Å². The van der Waals surface area contributed by atoms with Crippen molar-refractivity contribution in [2.45, 2.75) is 17.7 Å². The summed E-state index contributed by atoms with van der Waals surface area (Å²) in [5.74, 6) is -0.131. The third-order valence-corrected chi connectivity index (χ3v) is 5.90. The fourth-order valence-corrected chi connectivity index (χ4v) is 3.84. The van der Waals surface area contributed by atoms with Gasteiger partial charge in [-0.15, -0.1) is 11.3 Å². The second-order valence-electron chi connectivity index (χ2n) is 3.60. The fraction of sp³-hybridized carbons (Fsp3) is 0.556. The number of sulfonamides is 2. The van der Waals surface area contributed by atoms with Crippen molar-refractivity contribution in [2.24, 2.45) is 5.14 Å². The summed E-state index contributed by atoms with van der Waals surface area (Å²) in [6.07, 6.45) is 0. The molecule has 19 heavy (non-hydrogen) atoms. The predicted molar refractivity (Wildman–Crippen MR) is 72.8 cm³/mol. The van der Waals surface area contributed by atoms with Crippen molar-refractivity contribution in [3.8, 4) is 0 Å². The van der Waals surface area contributed by atoms with Crippen LogP contribution in [0.1, 0.15) is 11.8 Å². The molecule has 0 aliphatic carbocycles. The van der Waals surface area contributed by atoms with Gasteiger partial charge < -0.3 is 4.74 Å². The van der Waals surface area contributed by atoms with Gasteiger partial charge in [-0.05, 0) is 19.1 Å². The third-order valence-electron chi connectivity index (χ3n) is 2.08. The van der Waals surface area contributed by atoms with E-state index in [2.05, 4.69) is 4.72 Å². The van der Waals surface area contributed by atoms with Crippen LogP contribution in [0.4, 0.5) is 0 Å². The summed E-state index contributed by atoms with van der Waals surface area (Å²) in [5.41, 5.74) is 0. The number of nitrogens with one attached hydrogen (secondary N) is 1. The monoisotopic (exact) mass is 328 g/mol. The van der Waals surface area contributed by atoms with Crippen LogP contribution in [0, 0.1) is 0 Å². The van der Waals surface area contributed by atoms with E-state index in [0.29, 0.717) is 11.5 Å². The van der Waals surface area contributed by atoms with Crippen LogP contribution in [-0.2, 0) is 31.3 Å². The van der Waals surface area contributed by atoms with Gasteiger partial charge in [-0.2, -0.15) is 0 Å². The maximum Gasteiger partial charge on any atom is 0.247 e. The Morgan fingerprint density at radius 3 is 2.53 bits per heavy atom. The summed E-state index contributed by atoms with van der Waals surface area (Å²) in [4.78, 5) is 0.573. The Hall–Kier alpha value is -0.520. The number of rotatable bonds is 8. The molecule has 0 aliphatic rings. The number of primary sulfonamides is 1. The molecule has 0 saturated carbocycles.